The summed E-state index contributed by atoms with van der Waals surface area (Å²) in [6.45, 7) is 3.14. The molecule has 0 atom stereocenters. The molecule has 0 amide bonds. The van der Waals surface area contributed by atoms with Crippen LogP contribution in [0.15, 0.2) is 139 Å². The Labute approximate surface area is 308 Å². The van der Waals surface area contributed by atoms with Gasteiger partial charge in [0.1, 0.15) is 11.6 Å². The predicted octanol–water partition coefficient (Wildman–Crippen LogP) is 12.7. The van der Waals surface area contributed by atoms with E-state index < -0.39 is 5.97 Å². The van der Waals surface area contributed by atoms with E-state index in [1.54, 1.807) is 17.4 Å². The third-order valence-electron chi connectivity index (χ3n) is 9.32. The van der Waals surface area contributed by atoms with Crippen LogP contribution in [0.1, 0.15) is 48.6 Å². The van der Waals surface area contributed by atoms with Crippen LogP contribution in [0.2, 0.25) is 0 Å². The minimum atomic E-state index is -1.22. The molecule has 0 radical (unpaired) electrons. The summed E-state index contributed by atoms with van der Waals surface area (Å²) < 4.78 is 2.37. The van der Waals surface area contributed by atoms with Crippen molar-refractivity contribution in [2.45, 2.75) is 39.2 Å². The number of aromatic nitrogens is 1. The molecule has 0 aliphatic heterocycles. The molecule has 7 rings (SSSR count). The first-order valence-electron chi connectivity index (χ1n) is 17.7. The normalized spacial score (nSPS) is 11.7. The quantitative estimate of drug-likeness (QED) is 0.0740. The van der Waals surface area contributed by atoms with Crippen LogP contribution in [-0.4, -0.2) is 15.6 Å². The third-order valence-corrected chi connectivity index (χ3v) is 10.4. The highest BCUT2D eigenvalue weighted by molar-refractivity contribution is 7.16. The third kappa shape index (κ3) is 7.46. The van der Waals surface area contributed by atoms with Gasteiger partial charge in [0, 0.05) is 55.2 Å². The number of para-hydroxylation sites is 2. The van der Waals surface area contributed by atoms with E-state index in [9.17, 15) is 15.2 Å². The summed E-state index contributed by atoms with van der Waals surface area (Å²) >= 11 is 1.76. The number of hydrogen-bond acceptors (Lipinski definition) is 4. The lowest BCUT2D eigenvalue weighted by Gasteiger charge is -2.25. The molecule has 0 bridgehead atoms. The van der Waals surface area contributed by atoms with Crippen LogP contribution in [0.3, 0.4) is 0 Å². The number of unbranched alkanes of at least 4 members (excludes halogenated alkanes) is 3. The van der Waals surface area contributed by atoms with E-state index in [-0.39, 0.29) is 5.57 Å². The van der Waals surface area contributed by atoms with Gasteiger partial charge in [-0.15, -0.1) is 11.3 Å². The van der Waals surface area contributed by atoms with Crippen molar-refractivity contribution in [3.63, 3.8) is 0 Å². The van der Waals surface area contributed by atoms with E-state index in [2.05, 4.69) is 132 Å². The molecule has 52 heavy (non-hydrogen) atoms. The maximum absolute atomic E-state index is 11.5. The number of benzene rings is 5. The molecule has 2 aromatic heterocycles. The number of thiophene rings is 1. The molecule has 0 fully saturated rings. The number of carbonyl (C=O) groups is 1. The molecule has 2 heterocycles. The first-order valence-corrected chi connectivity index (χ1v) is 18.5. The number of aryl methyl sites for hydroxylation is 1. The molecule has 0 saturated heterocycles. The van der Waals surface area contributed by atoms with Gasteiger partial charge in [-0.1, -0.05) is 92.9 Å². The summed E-state index contributed by atoms with van der Waals surface area (Å²) in [4.78, 5) is 16.2. The average molecular weight is 698 g/mol. The highest BCUT2D eigenvalue weighted by Gasteiger charge is 2.14. The van der Waals surface area contributed by atoms with E-state index in [1.807, 2.05) is 30.3 Å². The molecule has 256 valence electrons. The van der Waals surface area contributed by atoms with E-state index in [0.717, 1.165) is 62.3 Å². The monoisotopic (exact) mass is 697 g/mol. The molecule has 5 nitrogen and oxygen atoms in total. The Balaban J connectivity index is 1.16. The van der Waals surface area contributed by atoms with Gasteiger partial charge in [-0.05, 0) is 108 Å². The number of anilines is 3. The fourth-order valence-corrected chi connectivity index (χ4v) is 7.65. The first kappa shape index (κ1) is 34.3. The summed E-state index contributed by atoms with van der Waals surface area (Å²) in [7, 11) is 0. The number of hydrogen-bond donors (Lipinski definition) is 1. The predicted molar refractivity (Wildman–Crippen MR) is 218 cm³/mol. The smallest absolute Gasteiger partial charge is 0.346 e. The zero-order valence-electron chi connectivity index (χ0n) is 29.1. The van der Waals surface area contributed by atoms with Crippen molar-refractivity contribution in [2.75, 3.05) is 4.90 Å². The van der Waals surface area contributed by atoms with Crippen molar-refractivity contribution in [3.05, 3.63) is 155 Å². The molecular weight excluding hydrogens is 659 g/mol. The zero-order valence-corrected chi connectivity index (χ0v) is 29.9. The van der Waals surface area contributed by atoms with Crippen LogP contribution >= 0.6 is 11.3 Å². The van der Waals surface area contributed by atoms with Gasteiger partial charge < -0.3 is 14.6 Å². The summed E-state index contributed by atoms with van der Waals surface area (Å²) in [5.41, 5.74) is 8.28. The maximum Gasteiger partial charge on any atom is 0.346 e. The highest BCUT2D eigenvalue weighted by Crippen LogP contribution is 2.37. The fraction of sp³-hybridized carbons (Fsp3) is 0.130. The first-order chi connectivity index (χ1) is 25.5. The van der Waals surface area contributed by atoms with Crippen LogP contribution in [0.25, 0.3) is 50.5 Å². The molecule has 0 aliphatic rings. The van der Waals surface area contributed by atoms with E-state index in [1.165, 1.54) is 35.8 Å². The lowest BCUT2D eigenvalue weighted by Crippen LogP contribution is -2.09. The van der Waals surface area contributed by atoms with Gasteiger partial charge in [-0.2, -0.15) is 5.26 Å². The van der Waals surface area contributed by atoms with Crippen LogP contribution in [0, 0.1) is 11.3 Å². The number of carboxylic acid groups (broad SMARTS) is 1. The summed E-state index contributed by atoms with van der Waals surface area (Å²) in [6.07, 6.45) is 10.4. The number of nitriles is 1. The van der Waals surface area contributed by atoms with Gasteiger partial charge in [0.05, 0.1) is 0 Å². The lowest BCUT2D eigenvalue weighted by molar-refractivity contribution is -0.132. The van der Waals surface area contributed by atoms with Crippen LogP contribution < -0.4 is 4.90 Å². The minimum Gasteiger partial charge on any atom is -0.477 e. The summed E-state index contributed by atoms with van der Waals surface area (Å²) in [5.74, 6) is -1.22. The van der Waals surface area contributed by atoms with Crippen LogP contribution in [0.5, 0.6) is 0 Å². The maximum atomic E-state index is 11.5. The van der Waals surface area contributed by atoms with Crippen molar-refractivity contribution in [1.29, 1.82) is 5.26 Å². The second kappa shape index (κ2) is 15.8. The molecule has 7 aromatic rings. The summed E-state index contributed by atoms with van der Waals surface area (Å²) in [5, 5.41) is 20.9. The second-order valence-electron chi connectivity index (χ2n) is 12.8. The molecule has 0 aliphatic carbocycles. The Bertz CT molecular complexity index is 2390. The van der Waals surface area contributed by atoms with E-state index >= 15 is 0 Å². The number of aliphatic carboxylic acids is 1. The Kier molecular flexibility index (Phi) is 10.4. The summed E-state index contributed by atoms with van der Waals surface area (Å²) in [6, 6.07) is 48.3. The zero-order chi connectivity index (χ0) is 35.9. The standard InChI is InChI=1S/C46H39N3O2S/c1-2-3-4-11-28-48-43-25-17-33(30-41(43)42-31-34(18-26-44(42)48)29-36(32-47)46(50)51)16-23-40-24-27-45(52-40)35-19-21-39(22-20-35)49(37-12-7-5-8-13-37)38-14-9-6-10-15-38/h5-10,12-27,29-31H,2-4,11,28H2,1H3,(H,50,51). The van der Waals surface area contributed by atoms with Crippen molar-refractivity contribution in [2.24, 2.45) is 0 Å². The van der Waals surface area contributed by atoms with Gasteiger partial charge in [0.2, 0.25) is 0 Å². The van der Waals surface area contributed by atoms with Crippen molar-refractivity contribution in [3.8, 4) is 16.5 Å². The Morgan fingerprint density at radius 2 is 1.35 bits per heavy atom. The topological polar surface area (TPSA) is 69.3 Å². The molecule has 6 heteroatoms. The second-order valence-corrected chi connectivity index (χ2v) is 13.9. The average Bonchev–Trinajstić information content (AvgIpc) is 3.78. The minimum absolute atomic E-state index is 0.279. The number of carboxylic acids is 1. The number of rotatable bonds is 13. The molecule has 0 saturated carbocycles. The lowest BCUT2D eigenvalue weighted by atomic mass is 10.1. The molecule has 1 N–H and O–H groups in total. The van der Waals surface area contributed by atoms with Crippen molar-refractivity contribution >= 4 is 74.4 Å². The van der Waals surface area contributed by atoms with Gasteiger partial charge in [0.25, 0.3) is 0 Å². The largest absolute Gasteiger partial charge is 0.477 e. The van der Waals surface area contributed by atoms with E-state index in [0.29, 0.717) is 5.56 Å². The van der Waals surface area contributed by atoms with Gasteiger partial charge in [0.15, 0.2) is 0 Å². The molecule has 0 spiro atoms. The van der Waals surface area contributed by atoms with Gasteiger partial charge >= 0.3 is 5.97 Å². The fourth-order valence-electron chi connectivity index (χ4n) is 6.73. The Morgan fingerprint density at radius 1 is 0.731 bits per heavy atom. The van der Waals surface area contributed by atoms with Gasteiger partial charge in [-0.25, -0.2) is 4.79 Å². The van der Waals surface area contributed by atoms with Crippen molar-refractivity contribution in [1.82, 2.24) is 4.57 Å². The Morgan fingerprint density at radius 3 is 1.96 bits per heavy atom. The molecular formula is C46H39N3O2S. The Hall–Kier alpha value is -6.16. The highest BCUT2D eigenvalue weighted by atomic mass is 32.1. The van der Waals surface area contributed by atoms with Gasteiger partial charge in [-0.3, -0.25) is 0 Å². The van der Waals surface area contributed by atoms with E-state index in [4.69, 9.17) is 0 Å². The van der Waals surface area contributed by atoms with Crippen LogP contribution in [-0.2, 0) is 11.3 Å². The van der Waals surface area contributed by atoms with Crippen LogP contribution in [0.4, 0.5) is 17.1 Å². The number of fused-ring (bicyclic) bond motifs is 3. The SMILES string of the molecule is CCCCCCn1c2ccc(C=Cc3ccc(-c4ccc(N(c5ccccc5)c5ccccc5)cc4)s3)cc2c2cc(C=C(C#N)C(=O)O)ccc21. The number of nitrogens with zero attached hydrogens (tertiary/aromatic N) is 3. The molecule has 5 aromatic carbocycles. The van der Waals surface area contributed by atoms with Crippen molar-refractivity contribution < 1.29 is 9.90 Å². The molecule has 0 unspecified atom stereocenters.